The lowest BCUT2D eigenvalue weighted by Crippen LogP contribution is -2.14. The molecule has 4 aromatic rings. The van der Waals surface area contributed by atoms with E-state index in [2.05, 4.69) is 20.5 Å². The molecule has 10 heteroatoms. The third-order valence-corrected chi connectivity index (χ3v) is 4.15. The number of benzene rings is 1. The van der Waals surface area contributed by atoms with Crippen molar-refractivity contribution in [3.63, 3.8) is 0 Å². The normalized spacial score (nSPS) is 11.6. The number of aromatic nitrogens is 4. The molecule has 30 heavy (non-hydrogen) atoms. The van der Waals surface area contributed by atoms with Crippen molar-refractivity contribution < 1.29 is 22.4 Å². The fourth-order valence-electron chi connectivity index (χ4n) is 2.81. The van der Waals surface area contributed by atoms with Crippen molar-refractivity contribution in [2.24, 2.45) is 0 Å². The standard InChI is InChI=1S/C20H17F2N5O3/c1-12-24-17(18(29-12)13-6-4-3-5-7-13)19(28)25-16-10-23-27(26-16)11-14-8-9-15(30-14)20(2,21)22/h3-10H,11H2,1-2H3,(H,25,26,28). The average Bonchev–Trinajstić information content (AvgIpc) is 3.43. The molecule has 0 unspecified atom stereocenters. The van der Waals surface area contributed by atoms with Crippen molar-refractivity contribution in [3.05, 3.63) is 71.8 Å². The highest BCUT2D eigenvalue weighted by atomic mass is 19.3. The fourth-order valence-corrected chi connectivity index (χ4v) is 2.81. The Bertz CT molecular complexity index is 1170. The number of hydrogen-bond acceptors (Lipinski definition) is 6. The van der Waals surface area contributed by atoms with Gasteiger partial charge in [-0.15, -0.1) is 5.10 Å². The topological polar surface area (TPSA) is 99.0 Å². The Morgan fingerprint density at radius 2 is 1.93 bits per heavy atom. The molecule has 0 aliphatic heterocycles. The minimum absolute atomic E-state index is 0.0320. The van der Waals surface area contributed by atoms with E-state index < -0.39 is 17.6 Å². The summed E-state index contributed by atoms with van der Waals surface area (Å²) in [6.45, 7) is 2.44. The maximum absolute atomic E-state index is 13.3. The van der Waals surface area contributed by atoms with Crippen LogP contribution in [0, 0.1) is 6.92 Å². The van der Waals surface area contributed by atoms with Crippen LogP contribution in [0.1, 0.15) is 34.8 Å². The van der Waals surface area contributed by atoms with Crippen LogP contribution in [-0.4, -0.2) is 25.9 Å². The number of rotatable bonds is 6. The summed E-state index contributed by atoms with van der Waals surface area (Å²) in [6, 6.07) is 11.8. The second-order valence-corrected chi connectivity index (χ2v) is 6.65. The summed E-state index contributed by atoms with van der Waals surface area (Å²) < 4.78 is 37.3. The van der Waals surface area contributed by atoms with Crippen LogP contribution in [0.3, 0.4) is 0 Å². The predicted octanol–water partition coefficient (Wildman–Crippen LogP) is 4.25. The Morgan fingerprint density at radius 1 is 1.17 bits per heavy atom. The monoisotopic (exact) mass is 413 g/mol. The summed E-state index contributed by atoms with van der Waals surface area (Å²) in [4.78, 5) is 18.1. The van der Waals surface area contributed by atoms with Crippen LogP contribution < -0.4 is 5.32 Å². The van der Waals surface area contributed by atoms with Gasteiger partial charge in [0.05, 0.1) is 6.20 Å². The molecule has 0 atom stereocenters. The molecule has 0 radical (unpaired) electrons. The van der Waals surface area contributed by atoms with E-state index in [1.54, 1.807) is 6.92 Å². The van der Waals surface area contributed by atoms with Gasteiger partial charge in [-0.25, -0.2) is 4.98 Å². The van der Waals surface area contributed by atoms with Crippen LogP contribution in [0.5, 0.6) is 0 Å². The Balaban J connectivity index is 1.48. The summed E-state index contributed by atoms with van der Waals surface area (Å²) >= 11 is 0. The molecule has 3 heterocycles. The Hall–Kier alpha value is -3.82. The van der Waals surface area contributed by atoms with Gasteiger partial charge in [0.25, 0.3) is 5.91 Å². The van der Waals surface area contributed by atoms with E-state index in [-0.39, 0.29) is 23.8 Å². The zero-order valence-corrected chi connectivity index (χ0v) is 16.1. The van der Waals surface area contributed by atoms with Crippen molar-refractivity contribution in [1.82, 2.24) is 20.0 Å². The zero-order valence-electron chi connectivity index (χ0n) is 16.1. The number of anilines is 1. The highest BCUT2D eigenvalue weighted by Gasteiger charge is 2.28. The highest BCUT2D eigenvalue weighted by Crippen LogP contribution is 2.28. The first-order chi connectivity index (χ1) is 14.3. The maximum Gasteiger partial charge on any atom is 0.301 e. The number of amides is 1. The van der Waals surface area contributed by atoms with Crippen molar-refractivity contribution in [1.29, 1.82) is 0 Å². The van der Waals surface area contributed by atoms with Gasteiger partial charge in [-0.05, 0) is 12.1 Å². The van der Waals surface area contributed by atoms with Crippen LogP contribution in [0.15, 0.2) is 57.5 Å². The molecule has 1 N–H and O–H groups in total. The van der Waals surface area contributed by atoms with Crippen LogP contribution in [0.4, 0.5) is 14.6 Å². The van der Waals surface area contributed by atoms with E-state index in [1.807, 2.05) is 30.3 Å². The van der Waals surface area contributed by atoms with Crippen molar-refractivity contribution in [2.45, 2.75) is 26.3 Å². The number of oxazole rings is 1. The first kappa shape index (κ1) is 19.5. The lowest BCUT2D eigenvalue weighted by Gasteiger charge is -2.05. The van der Waals surface area contributed by atoms with Crippen LogP contribution in [-0.2, 0) is 12.5 Å². The Labute approximate surface area is 169 Å². The van der Waals surface area contributed by atoms with Gasteiger partial charge in [0.2, 0.25) is 0 Å². The van der Waals surface area contributed by atoms with Gasteiger partial charge in [-0.2, -0.15) is 18.7 Å². The molecule has 0 saturated carbocycles. The molecule has 0 aliphatic carbocycles. The molecular weight excluding hydrogens is 396 g/mol. The number of alkyl halides is 2. The smallest absolute Gasteiger partial charge is 0.301 e. The van der Waals surface area contributed by atoms with Gasteiger partial charge in [-0.1, -0.05) is 30.3 Å². The first-order valence-electron chi connectivity index (χ1n) is 9.01. The lowest BCUT2D eigenvalue weighted by molar-refractivity contribution is -0.00641. The van der Waals surface area contributed by atoms with Crippen LogP contribution in [0.25, 0.3) is 11.3 Å². The lowest BCUT2D eigenvalue weighted by atomic mass is 10.1. The second-order valence-electron chi connectivity index (χ2n) is 6.65. The van der Waals surface area contributed by atoms with E-state index >= 15 is 0 Å². The third-order valence-electron chi connectivity index (χ3n) is 4.15. The van der Waals surface area contributed by atoms with E-state index in [0.29, 0.717) is 17.2 Å². The number of carbonyl (C=O) groups excluding carboxylic acids is 1. The molecule has 154 valence electrons. The van der Waals surface area contributed by atoms with Gasteiger partial charge in [0.15, 0.2) is 28.9 Å². The number of nitrogens with one attached hydrogen (secondary N) is 1. The van der Waals surface area contributed by atoms with Crippen molar-refractivity contribution >= 4 is 11.7 Å². The molecule has 0 spiro atoms. The van der Waals surface area contributed by atoms with Crippen molar-refractivity contribution in [3.8, 4) is 11.3 Å². The van der Waals surface area contributed by atoms with E-state index in [0.717, 1.165) is 6.92 Å². The molecule has 4 rings (SSSR count). The molecule has 0 saturated heterocycles. The van der Waals surface area contributed by atoms with E-state index in [4.69, 9.17) is 8.83 Å². The largest absolute Gasteiger partial charge is 0.458 e. The Morgan fingerprint density at radius 3 is 2.63 bits per heavy atom. The van der Waals surface area contributed by atoms with Gasteiger partial charge >= 0.3 is 5.92 Å². The van der Waals surface area contributed by atoms with E-state index in [9.17, 15) is 13.6 Å². The molecule has 3 aromatic heterocycles. The SMILES string of the molecule is Cc1nc(C(=O)Nc2cnn(Cc3ccc(C(C)(F)F)o3)n2)c(-c2ccccc2)o1. The predicted molar refractivity (Wildman–Crippen MR) is 102 cm³/mol. The number of furan rings is 1. The number of nitrogens with zero attached hydrogens (tertiary/aromatic N) is 4. The molecule has 8 nitrogen and oxygen atoms in total. The summed E-state index contributed by atoms with van der Waals surface area (Å²) in [5.41, 5.74) is 0.836. The fraction of sp³-hybridized carbons (Fsp3) is 0.200. The molecule has 1 amide bonds. The summed E-state index contributed by atoms with van der Waals surface area (Å²) in [5.74, 6) is -2.88. The maximum atomic E-state index is 13.3. The van der Waals surface area contributed by atoms with Gasteiger partial charge < -0.3 is 14.2 Å². The van der Waals surface area contributed by atoms with Crippen LogP contribution >= 0.6 is 0 Å². The number of aryl methyl sites for hydroxylation is 1. The highest BCUT2D eigenvalue weighted by molar-refractivity contribution is 6.05. The molecular formula is C20H17F2N5O3. The minimum atomic E-state index is -3.07. The third kappa shape index (κ3) is 4.12. The van der Waals surface area contributed by atoms with Gasteiger partial charge in [-0.3, -0.25) is 4.79 Å². The average molecular weight is 413 g/mol. The van der Waals surface area contributed by atoms with Gasteiger partial charge in [0.1, 0.15) is 12.3 Å². The first-order valence-corrected chi connectivity index (χ1v) is 9.01. The summed E-state index contributed by atoms with van der Waals surface area (Å²) in [5, 5.41) is 10.7. The van der Waals surface area contributed by atoms with Crippen molar-refractivity contribution in [2.75, 3.05) is 5.32 Å². The Kier molecular flexibility index (Phi) is 4.90. The molecule has 0 aliphatic rings. The molecule has 1 aromatic carbocycles. The summed E-state index contributed by atoms with van der Waals surface area (Å²) in [7, 11) is 0. The number of hydrogen-bond donors (Lipinski definition) is 1. The number of carbonyl (C=O) groups is 1. The zero-order chi connectivity index (χ0) is 21.3. The van der Waals surface area contributed by atoms with E-state index in [1.165, 1.54) is 23.1 Å². The van der Waals surface area contributed by atoms with Crippen LogP contribution in [0.2, 0.25) is 0 Å². The summed E-state index contributed by atoms with van der Waals surface area (Å²) in [6.07, 6.45) is 1.34. The number of halogens is 2. The minimum Gasteiger partial charge on any atom is -0.458 e. The second kappa shape index (κ2) is 7.54. The quantitative estimate of drug-likeness (QED) is 0.507. The molecule has 0 fully saturated rings. The van der Waals surface area contributed by atoms with Gasteiger partial charge in [0, 0.05) is 19.4 Å². The molecule has 0 bridgehead atoms.